The maximum Gasteiger partial charge on any atom is 0.416 e. The Hall–Kier alpha value is -4.10. The smallest absolute Gasteiger partial charge is 0.379 e. The minimum Gasteiger partial charge on any atom is -0.379 e. The van der Waals surface area contributed by atoms with Gasteiger partial charge in [0, 0.05) is 5.69 Å². The first kappa shape index (κ1) is 23.6. The Labute approximate surface area is 187 Å². The molecule has 1 N–H and O–H groups in total. The van der Waals surface area contributed by atoms with E-state index in [0.717, 1.165) is 24.3 Å². The minimum atomic E-state index is -4.59. The number of nitriles is 1. The molecule has 0 heterocycles. The highest BCUT2D eigenvalue weighted by Gasteiger charge is 2.30. The molecule has 3 aromatic rings. The normalized spacial score (nSPS) is 12.0. The number of hydrogen-bond donors (Lipinski definition) is 1. The molecule has 0 spiro atoms. The van der Waals surface area contributed by atoms with Crippen molar-refractivity contribution in [3.8, 4) is 11.8 Å². The van der Waals surface area contributed by atoms with Gasteiger partial charge in [0.25, 0.3) is 5.91 Å². The molecule has 33 heavy (non-hydrogen) atoms. The van der Waals surface area contributed by atoms with Crippen LogP contribution in [0.25, 0.3) is 6.08 Å². The number of carbonyl (C=O) groups excluding carboxylic acids is 1. The fourth-order valence-corrected chi connectivity index (χ4v) is 3.65. The van der Waals surface area contributed by atoms with E-state index in [1.54, 1.807) is 12.1 Å². The Morgan fingerprint density at radius 1 is 0.970 bits per heavy atom. The van der Waals surface area contributed by atoms with Gasteiger partial charge in [0.15, 0.2) is 0 Å². The van der Waals surface area contributed by atoms with Gasteiger partial charge in [0.05, 0.1) is 5.56 Å². The molecular weight excluding hydrogens is 457 g/mol. The fraction of sp³-hybridized carbons (Fsp3) is 0.0435. The van der Waals surface area contributed by atoms with E-state index in [1.807, 2.05) is 0 Å². The summed E-state index contributed by atoms with van der Waals surface area (Å²) in [5.41, 5.74) is -1.23. The van der Waals surface area contributed by atoms with Crippen molar-refractivity contribution in [1.29, 1.82) is 5.26 Å². The van der Waals surface area contributed by atoms with Crippen molar-refractivity contribution in [2.24, 2.45) is 0 Å². The van der Waals surface area contributed by atoms with Crippen molar-refractivity contribution in [1.82, 2.24) is 0 Å². The largest absolute Gasteiger partial charge is 0.416 e. The van der Waals surface area contributed by atoms with Crippen LogP contribution in [0.5, 0.6) is 5.75 Å². The monoisotopic (exact) mass is 472 g/mol. The van der Waals surface area contributed by atoms with Crippen LogP contribution in [0.2, 0.25) is 0 Å². The molecule has 0 unspecified atom stereocenters. The summed E-state index contributed by atoms with van der Waals surface area (Å²) < 4.78 is 68.4. The lowest BCUT2D eigenvalue weighted by atomic mass is 10.1. The number of amides is 1. The second-order valence-corrected chi connectivity index (χ2v) is 8.17. The number of anilines is 1. The van der Waals surface area contributed by atoms with Crippen LogP contribution in [0.3, 0.4) is 0 Å². The Balaban J connectivity index is 1.80. The number of nitrogens with one attached hydrogen (secondary N) is 1. The van der Waals surface area contributed by atoms with Crippen LogP contribution in [-0.4, -0.2) is 14.3 Å². The lowest BCUT2D eigenvalue weighted by Gasteiger charge is -2.10. The lowest BCUT2D eigenvalue weighted by molar-refractivity contribution is -0.137. The molecule has 3 rings (SSSR count). The van der Waals surface area contributed by atoms with Gasteiger partial charge in [-0.3, -0.25) is 4.79 Å². The van der Waals surface area contributed by atoms with E-state index in [-0.39, 0.29) is 21.9 Å². The molecule has 0 fully saturated rings. The van der Waals surface area contributed by atoms with Gasteiger partial charge in [0.1, 0.15) is 22.3 Å². The van der Waals surface area contributed by atoms with Gasteiger partial charge in [-0.1, -0.05) is 36.4 Å². The third-order valence-corrected chi connectivity index (χ3v) is 5.48. The fourth-order valence-electron chi connectivity index (χ4n) is 2.71. The maximum absolute atomic E-state index is 12.9. The number of hydrogen-bond acceptors (Lipinski definition) is 5. The molecular formula is C23H15F3N2O4S. The lowest BCUT2D eigenvalue weighted by Crippen LogP contribution is -2.14. The summed E-state index contributed by atoms with van der Waals surface area (Å²) in [4.78, 5) is 12.3. The zero-order chi connectivity index (χ0) is 24.1. The molecule has 1 amide bonds. The highest BCUT2D eigenvalue weighted by Crippen LogP contribution is 2.30. The van der Waals surface area contributed by atoms with Crippen molar-refractivity contribution in [3.05, 3.63) is 95.6 Å². The predicted molar refractivity (Wildman–Crippen MR) is 114 cm³/mol. The van der Waals surface area contributed by atoms with Crippen molar-refractivity contribution < 1.29 is 30.6 Å². The Bertz CT molecular complexity index is 1350. The molecule has 3 aromatic carbocycles. The average Bonchev–Trinajstić information content (AvgIpc) is 2.77. The van der Waals surface area contributed by atoms with Gasteiger partial charge in [-0.25, -0.2) is 0 Å². The van der Waals surface area contributed by atoms with Crippen LogP contribution in [0.4, 0.5) is 18.9 Å². The highest BCUT2D eigenvalue weighted by molar-refractivity contribution is 7.87. The third-order valence-electron chi connectivity index (χ3n) is 4.22. The van der Waals surface area contributed by atoms with Crippen LogP contribution in [0.1, 0.15) is 11.1 Å². The molecule has 0 aliphatic rings. The SMILES string of the molecule is N#C/C(=C/c1cccc(OS(=O)(=O)c2ccccc2)c1)C(=O)Nc1cccc(C(F)(F)F)c1. The van der Waals surface area contributed by atoms with E-state index in [1.165, 1.54) is 54.6 Å². The summed E-state index contributed by atoms with van der Waals surface area (Å²) in [6.45, 7) is 0. The molecule has 0 bridgehead atoms. The van der Waals surface area contributed by atoms with Crippen LogP contribution in [-0.2, 0) is 21.1 Å². The van der Waals surface area contributed by atoms with Crippen molar-refractivity contribution in [2.45, 2.75) is 11.1 Å². The molecule has 0 radical (unpaired) electrons. The Morgan fingerprint density at radius 3 is 2.33 bits per heavy atom. The van der Waals surface area contributed by atoms with Crippen molar-refractivity contribution >= 4 is 27.8 Å². The predicted octanol–water partition coefficient (Wildman–Crippen LogP) is 5.02. The van der Waals surface area contributed by atoms with Gasteiger partial charge < -0.3 is 9.50 Å². The van der Waals surface area contributed by atoms with E-state index < -0.39 is 33.3 Å². The molecule has 6 nitrogen and oxygen atoms in total. The molecule has 168 valence electrons. The first-order valence-electron chi connectivity index (χ1n) is 9.28. The Kier molecular flexibility index (Phi) is 6.84. The minimum absolute atomic E-state index is 0.0517. The summed E-state index contributed by atoms with van der Waals surface area (Å²) >= 11 is 0. The van der Waals surface area contributed by atoms with E-state index in [0.29, 0.717) is 0 Å². The van der Waals surface area contributed by atoms with Gasteiger partial charge in [-0.15, -0.1) is 0 Å². The molecule has 0 aliphatic carbocycles. The summed E-state index contributed by atoms with van der Waals surface area (Å²) in [6.07, 6.45) is -3.43. The molecule has 0 saturated carbocycles. The molecule has 0 atom stereocenters. The van der Waals surface area contributed by atoms with Crippen LogP contribution in [0.15, 0.2) is 89.3 Å². The first-order valence-corrected chi connectivity index (χ1v) is 10.7. The zero-order valence-electron chi connectivity index (χ0n) is 16.7. The van der Waals surface area contributed by atoms with Crippen LogP contribution in [0, 0.1) is 11.3 Å². The van der Waals surface area contributed by atoms with Crippen molar-refractivity contribution in [2.75, 3.05) is 5.32 Å². The molecule has 10 heteroatoms. The molecule has 0 saturated heterocycles. The molecule has 0 aliphatic heterocycles. The Morgan fingerprint density at radius 2 is 1.67 bits per heavy atom. The van der Waals surface area contributed by atoms with E-state index in [2.05, 4.69) is 5.32 Å². The van der Waals surface area contributed by atoms with E-state index in [9.17, 15) is 31.6 Å². The second kappa shape index (κ2) is 9.58. The zero-order valence-corrected chi connectivity index (χ0v) is 17.5. The molecule has 0 aromatic heterocycles. The quantitative estimate of drug-likeness (QED) is 0.309. The number of benzene rings is 3. The maximum atomic E-state index is 12.9. The van der Waals surface area contributed by atoms with Gasteiger partial charge in [-0.2, -0.15) is 26.9 Å². The van der Waals surface area contributed by atoms with Gasteiger partial charge in [-0.05, 0) is 54.1 Å². The number of nitrogens with zero attached hydrogens (tertiary/aromatic N) is 1. The number of carbonyl (C=O) groups is 1. The second-order valence-electron chi connectivity index (χ2n) is 6.63. The van der Waals surface area contributed by atoms with Crippen molar-refractivity contribution in [3.63, 3.8) is 0 Å². The van der Waals surface area contributed by atoms with Gasteiger partial charge in [0.2, 0.25) is 0 Å². The average molecular weight is 472 g/mol. The summed E-state index contributed by atoms with van der Waals surface area (Å²) in [6, 6.07) is 18.8. The van der Waals surface area contributed by atoms with Gasteiger partial charge >= 0.3 is 16.3 Å². The standard InChI is InChI=1S/C23H15F3N2O4S/c24-23(25,26)18-7-5-8-19(14-18)28-22(29)17(15-27)12-16-6-4-9-20(13-16)32-33(30,31)21-10-2-1-3-11-21/h1-14H,(H,28,29)/b17-12-. The summed E-state index contributed by atoms with van der Waals surface area (Å²) in [5.74, 6) is -0.983. The first-order chi connectivity index (χ1) is 15.6. The van der Waals surface area contributed by atoms with Crippen LogP contribution < -0.4 is 9.50 Å². The van der Waals surface area contributed by atoms with E-state index in [4.69, 9.17) is 4.18 Å². The third kappa shape index (κ3) is 6.21. The summed E-state index contributed by atoms with van der Waals surface area (Å²) in [5, 5.41) is 11.6. The van der Waals surface area contributed by atoms with Crippen LogP contribution >= 0.6 is 0 Å². The van der Waals surface area contributed by atoms with E-state index >= 15 is 0 Å². The topological polar surface area (TPSA) is 96.3 Å². The summed E-state index contributed by atoms with van der Waals surface area (Å²) in [7, 11) is -4.09. The number of alkyl halides is 3. The highest BCUT2D eigenvalue weighted by atomic mass is 32.2. The number of rotatable bonds is 6. The number of halogens is 3.